The third kappa shape index (κ3) is 4.51. The number of hydrogen-bond donors (Lipinski definition) is 1. The topological polar surface area (TPSA) is 72.3 Å². The second kappa shape index (κ2) is 8.27. The molecule has 0 radical (unpaired) electrons. The maximum absolute atomic E-state index is 12.7. The molecule has 0 spiro atoms. The fourth-order valence-corrected chi connectivity index (χ4v) is 3.10. The summed E-state index contributed by atoms with van der Waals surface area (Å²) in [5.41, 5.74) is 1.30. The van der Waals surface area contributed by atoms with Crippen LogP contribution in [0, 0.1) is 0 Å². The van der Waals surface area contributed by atoms with E-state index in [9.17, 15) is 13.2 Å². The molecule has 1 aliphatic heterocycles. The van der Waals surface area contributed by atoms with Crippen LogP contribution < -0.4 is 5.32 Å². The van der Waals surface area contributed by atoms with Gasteiger partial charge in [0.15, 0.2) is 5.82 Å². The third-order valence-corrected chi connectivity index (χ3v) is 4.67. The van der Waals surface area contributed by atoms with Crippen LogP contribution >= 0.6 is 11.6 Å². The molecule has 1 aromatic carbocycles. The second-order valence-corrected chi connectivity index (χ2v) is 6.94. The standard InChI is InChI=1S/C20H15ClF3N5O/c21-15-8-13(20(22,23)24)10-26-19(15)27-11-14-9-17(29-30-14)16-6-7-25-18(28-16)12-4-2-1-3-5-12/h1-8,10,14H,9,11H2,(H,26,27)/t14-/m1/s1. The number of halogens is 4. The average Bonchev–Trinajstić information content (AvgIpc) is 3.22. The van der Waals surface area contributed by atoms with Gasteiger partial charge in [-0.2, -0.15) is 13.2 Å². The Hall–Kier alpha value is -3.20. The zero-order chi connectivity index (χ0) is 21.1. The molecule has 6 nitrogen and oxygen atoms in total. The number of aromatic nitrogens is 3. The lowest BCUT2D eigenvalue weighted by molar-refractivity contribution is -0.137. The van der Waals surface area contributed by atoms with Crippen molar-refractivity contribution in [3.05, 3.63) is 71.1 Å². The van der Waals surface area contributed by atoms with Crippen LogP contribution in [0.2, 0.25) is 5.02 Å². The molecule has 0 unspecified atom stereocenters. The summed E-state index contributed by atoms with van der Waals surface area (Å²) in [5.74, 6) is 0.730. The molecule has 10 heteroatoms. The van der Waals surface area contributed by atoms with Crippen LogP contribution in [0.1, 0.15) is 17.7 Å². The van der Waals surface area contributed by atoms with Gasteiger partial charge in [0.2, 0.25) is 0 Å². The predicted octanol–water partition coefficient (Wildman–Crippen LogP) is 4.82. The highest BCUT2D eigenvalue weighted by molar-refractivity contribution is 6.33. The molecule has 0 amide bonds. The molecule has 4 rings (SSSR count). The fraction of sp³-hybridized carbons (Fsp3) is 0.200. The minimum atomic E-state index is -4.50. The summed E-state index contributed by atoms with van der Waals surface area (Å²) in [6.07, 6.45) is -1.98. The largest absolute Gasteiger partial charge is 0.417 e. The molecule has 0 fully saturated rings. The Morgan fingerprint density at radius 1 is 1.13 bits per heavy atom. The van der Waals surface area contributed by atoms with Crippen molar-refractivity contribution in [3.63, 3.8) is 0 Å². The molecule has 1 N–H and O–H groups in total. The Labute approximate surface area is 174 Å². The number of pyridine rings is 1. The maximum Gasteiger partial charge on any atom is 0.417 e. The monoisotopic (exact) mass is 433 g/mol. The van der Waals surface area contributed by atoms with E-state index in [0.717, 1.165) is 17.8 Å². The number of nitrogens with one attached hydrogen (secondary N) is 1. The van der Waals surface area contributed by atoms with Crippen molar-refractivity contribution in [1.29, 1.82) is 0 Å². The minimum absolute atomic E-state index is 0.118. The second-order valence-electron chi connectivity index (χ2n) is 6.53. The summed E-state index contributed by atoms with van der Waals surface area (Å²) in [6.45, 7) is 0.266. The molecule has 2 aromatic heterocycles. The molecule has 0 aliphatic carbocycles. The van der Waals surface area contributed by atoms with Crippen LogP contribution in [0.5, 0.6) is 0 Å². The summed E-state index contributed by atoms with van der Waals surface area (Å²) in [7, 11) is 0. The lowest BCUT2D eigenvalue weighted by Gasteiger charge is -2.13. The van der Waals surface area contributed by atoms with Crippen molar-refractivity contribution in [2.24, 2.45) is 5.16 Å². The van der Waals surface area contributed by atoms with E-state index in [1.54, 1.807) is 12.3 Å². The zero-order valence-electron chi connectivity index (χ0n) is 15.4. The Balaban J connectivity index is 1.38. The smallest absolute Gasteiger partial charge is 0.390 e. The van der Waals surface area contributed by atoms with Gasteiger partial charge in [-0.3, -0.25) is 0 Å². The van der Waals surface area contributed by atoms with Crippen molar-refractivity contribution < 1.29 is 18.0 Å². The van der Waals surface area contributed by atoms with Crippen LogP contribution in [0.4, 0.5) is 19.0 Å². The van der Waals surface area contributed by atoms with Gasteiger partial charge in [0, 0.05) is 24.4 Å². The van der Waals surface area contributed by atoms with E-state index in [-0.39, 0.29) is 23.5 Å². The molecule has 1 aliphatic rings. The third-order valence-electron chi connectivity index (χ3n) is 4.38. The number of nitrogens with zero attached hydrogens (tertiary/aromatic N) is 4. The summed E-state index contributed by atoms with van der Waals surface area (Å²) in [6, 6.07) is 12.1. The minimum Gasteiger partial charge on any atom is -0.390 e. The first-order chi connectivity index (χ1) is 14.4. The predicted molar refractivity (Wildman–Crippen MR) is 106 cm³/mol. The van der Waals surface area contributed by atoms with Crippen LogP contribution in [0.3, 0.4) is 0 Å². The van der Waals surface area contributed by atoms with Crippen LogP contribution in [0.25, 0.3) is 11.4 Å². The number of rotatable bonds is 5. The van der Waals surface area contributed by atoms with E-state index < -0.39 is 11.7 Å². The van der Waals surface area contributed by atoms with Crippen molar-refractivity contribution >= 4 is 23.1 Å². The van der Waals surface area contributed by atoms with E-state index in [0.29, 0.717) is 23.7 Å². The van der Waals surface area contributed by atoms with E-state index in [2.05, 4.69) is 25.4 Å². The van der Waals surface area contributed by atoms with Gasteiger partial charge < -0.3 is 10.2 Å². The SMILES string of the molecule is FC(F)(F)c1cnc(NC[C@H]2CC(c3ccnc(-c4ccccc4)n3)=NO2)c(Cl)c1. The molecular formula is C20H15ClF3N5O. The highest BCUT2D eigenvalue weighted by Gasteiger charge is 2.32. The molecule has 3 heterocycles. The first-order valence-corrected chi connectivity index (χ1v) is 9.36. The summed E-state index contributed by atoms with van der Waals surface area (Å²) in [4.78, 5) is 18.0. The highest BCUT2D eigenvalue weighted by Crippen LogP contribution is 2.32. The number of oxime groups is 1. The molecule has 154 valence electrons. The Kier molecular flexibility index (Phi) is 5.54. The lowest BCUT2D eigenvalue weighted by atomic mass is 10.1. The van der Waals surface area contributed by atoms with Gasteiger partial charge in [0.1, 0.15) is 17.6 Å². The Bertz CT molecular complexity index is 1080. The first kappa shape index (κ1) is 20.1. The van der Waals surface area contributed by atoms with Crippen molar-refractivity contribution in [2.45, 2.75) is 18.7 Å². The van der Waals surface area contributed by atoms with Gasteiger partial charge >= 0.3 is 6.18 Å². The first-order valence-electron chi connectivity index (χ1n) is 8.98. The highest BCUT2D eigenvalue weighted by atomic mass is 35.5. The lowest BCUT2D eigenvalue weighted by Crippen LogP contribution is -2.21. The molecule has 3 aromatic rings. The van der Waals surface area contributed by atoms with Gasteiger partial charge in [0.05, 0.1) is 22.8 Å². The normalized spacial score (nSPS) is 16.1. The number of alkyl halides is 3. The van der Waals surface area contributed by atoms with E-state index in [1.807, 2.05) is 30.3 Å². The van der Waals surface area contributed by atoms with Crippen molar-refractivity contribution in [2.75, 3.05) is 11.9 Å². The molecule has 30 heavy (non-hydrogen) atoms. The van der Waals surface area contributed by atoms with Crippen molar-refractivity contribution in [3.8, 4) is 11.4 Å². The van der Waals surface area contributed by atoms with Gasteiger partial charge in [0.25, 0.3) is 0 Å². The maximum atomic E-state index is 12.7. The fourth-order valence-electron chi connectivity index (χ4n) is 2.87. The average molecular weight is 434 g/mol. The van der Waals surface area contributed by atoms with Gasteiger partial charge in [-0.25, -0.2) is 15.0 Å². The zero-order valence-corrected chi connectivity index (χ0v) is 16.2. The number of benzene rings is 1. The van der Waals surface area contributed by atoms with Crippen LogP contribution in [-0.2, 0) is 11.0 Å². The summed E-state index contributed by atoms with van der Waals surface area (Å²) >= 11 is 5.91. The van der Waals surface area contributed by atoms with E-state index in [4.69, 9.17) is 16.4 Å². The van der Waals surface area contributed by atoms with Crippen LogP contribution in [-0.4, -0.2) is 33.3 Å². The van der Waals surface area contributed by atoms with E-state index in [1.165, 1.54) is 0 Å². The molecule has 0 saturated heterocycles. The summed E-state index contributed by atoms with van der Waals surface area (Å²) < 4.78 is 38.1. The Morgan fingerprint density at radius 2 is 1.93 bits per heavy atom. The van der Waals surface area contributed by atoms with Gasteiger partial charge in [-0.05, 0) is 12.1 Å². The molecule has 0 saturated carbocycles. The Morgan fingerprint density at radius 3 is 2.67 bits per heavy atom. The quantitative estimate of drug-likeness (QED) is 0.624. The van der Waals surface area contributed by atoms with Crippen molar-refractivity contribution in [1.82, 2.24) is 15.0 Å². The number of anilines is 1. The van der Waals surface area contributed by atoms with E-state index >= 15 is 0 Å². The number of hydrogen-bond acceptors (Lipinski definition) is 6. The molecular weight excluding hydrogens is 419 g/mol. The van der Waals surface area contributed by atoms with Crippen LogP contribution in [0.15, 0.2) is 60.0 Å². The summed E-state index contributed by atoms with van der Waals surface area (Å²) in [5, 5.41) is 6.87. The van der Waals surface area contributed by atoms with Gasteiger partial charge in [-0.15, -0.1) is 0 Å². The van der Waals surface area contributed by atoms with Gasteiger partial charge in [-0.1, -0.05) is 47.1 Å². The molecule has 0 bridgehead atoms. The molecule has 1 atom stereocenters.